The van der Waals surface area contributed by atoms with Gasteiger partial charge in [0.1, 0.15) is 11.6 Å². The Morgan fingerprint density at radius 3 is 2.54 bits per heavy atom. The van der Waals surface area contributed by atoms with E-state index in [0.29, 0.717) is 62.0 Å². The van der Waals surface area contributed by atoms with Gasteiger partial charge in [-0.25, -0.2) is 12.8 Å². The molecule has 10 heteroatoms. The molecule has 0 saturated carbocycles. The van der Waals surface area contributed by atoms with Gasteiger partial charge in [0, 0.05) is 43.0 Å². The molecule has 2 aliphatic heterocycles. The van der Waals surface area contributed by atoms with Crippen molar-refractivity contribution in [3.05, 3.63) is 58.9 Å². The number of carbonyl (C=O) groups excluding carboxylic acids is 1. The minimum Gasteiger partial charge on any atom is -0.493 e. The molecule has 2 aromatic carbocycles. The maximum atomic E-state index is 13.6. The molecule has 0 bridgehead atoms. The van der Waals surface area contributed by atoms with Gasteiger partial charge in [-0.1, -0.05) is 11.6 Å². The number of hydrogen-bond donors (Lipinski definition) is 0. The van der Waals surface area contributed by atoms with Gasteiger partial charge in [0.15, 0.2) is 0 Å². The van der Waals surface area contributed by atoms with Gasteiger partial charge in [-0.15, -0.1) is 0 Å². The van der Waals surface area contributed by atoms with Crippen LogP contribution in [-0.4, -0.2) is 69.5 Å². The van der Waals surface area contributed by atoms with E-state index in [4.69, 9.17) is 21.1 Å². The fourth-order valence-electron chi connectivity index (χ4n) is 4.73. The van der Waals surface area contributed by atoms with Crippen molar-refractivity contribution in [2.75, 3.05) is 46.0 Å². The van der Waals surface area contributed by atoms with Crippen LogP contribution in [0.3, 0.4) is 0 Å². The van der Waals surface area contributed by atoms with Crippen LogP contribution in [-0.2, 0) is 19.6 Å². The molecule has 2 fully saturated rings. The standard InChI is InChI=1S/C25H30ClFN2O5S/c1-19-15-21(27)5-8-23(19)35(31,32)29-10-2-9-25(17-29,16-24(30)28-11-13-33-14-12-28)18-34-22-6-3-20(26)4-7-22/h3-8,15H,2,9-14,16-18H2,1H3. The van der Waals surface area contributed by atoms with Crippen LogP contribution < -0.4 is 4.74 Å². The van der Waals surface area contributed by atoms with Crippen molar-refractivity contribution in [1.82, 2.24) is 9.21 Å². The first-order valence-electron chi connectivity index (χ1n) is 11.7. The van der Waals surface area contributed by atoms with E-state index in [1.54, 1.807) is 36.1 Å². The molecule has 2 saturated heterocycles. The number of hydrogen-bond acceptors (Lipinski definition) is 5. The molecule has 7 nitrogen and oxygen atoms in total. The Bertz CT molecular complexity index is 1150. The van der Waals surface area contributed by atoms with Gasteiger partial charge in [-0.2, -0.15) is 4.31 Å². The summed E-state index contributed by atoms with van der Waals surface area (Å²) in [7, 11) is -3.88. The zero-order valence-corrected chi connectivity index (χ0v) is 21.3. The predicted octanol–water partition coefficient (Wildman–Crippen LogP) is 3.89. The van der Waals surface area contributed by atoms with Crippen LogP contribution in [0.5, 0.6) is 5.75 Å². The Morgan fingerprint density at radius 1 is 1.14 bits per heavy atom. The molecule has 35 heavy (non-hydrogen) atoms. The van der Waals surface area contributed by atoms with Crippen molar-refractivity contribution in [2.24, 2.45) is 5.41 Å². The summed E-state index contributed by atoms with van der Waals surface area (Å²) >= 11 is 5.98. The summed E-state index contributed by atoms with van der Waals surface area (Å²) in [6, 6.07) is 10.6. The van der Waals surface area contributed by atoms with Crippen molar-refractivity contribution >= 4 is 27.5 Å². The minimum atomic E-state index is -3.88. The summed E-state index contributed by atoms with van der Waals surface area (Å²) < 4.78 is 53.6. The molecule has 1 unspecified atom stereocenters. The van der Waals surface area contributed by atoms with E-state index in [9.17, 15) is 17.6 Å². The maximum Gasteiger partial charge on any atom is 0.243 e. The third kappa shape index (κ3) is 6.14. The zero-order chi connectivity index (χ0) is 25.1. The maximum absolute atomic E-state index is 13.6. The molecule has 0 aromatic heterocycles. The van der Waals surface area contributed by atoms with Gasteiger partial charge < -0.3 is 14.4 Å². The van der Waals surface area contributed by atoms with E-state index in [0.717, 1.165) is 6.07 Å². The highest BCUT2D eigenvalue weighted by Gasteiger charge is 2.43. The summed E-state index contributed by atoms with van der Waals surface area (Å²) in [5.74, 6) is 0.0779. The smallest absolute Gasteiger partial charge is 0.243 e. The third-order valence-corrected chi connectivity index (χ3v) is 8.89. The van der Waals surface area contributed by atoms with Crippen LogP contribution in [0.4, 0.5) is 4.39 Å². The lowest BCUT2D eigenvalue weighted by Crippen LogP contribution is -2.52. The summed E-state index contributed by atoms with van der Waals surface area (Å²) in [4.78, 5) is 15.1. The Balaban J connectivity index is 1.59. The van der Waals surface area contributed by atoms with Crippen LogP contribution in [0.25, 0.3) is 0 Å². The predicted molar refractivity (Wildman–Crippen MR) is 131 cm³/mol. The average Bonchev–Trinajstić information content (AvgIpc) is 2.84. The van der Waals surface area contributed by atoms with E-state index in [1.807, 2.05) is 0 Å². The lowest BCUT2D eigenvalue weighted by molar-refractivity contribution is -0.139. The highest BCUT2D eigenvalue weighted by molar-refractivity contribution is 7.89. The van der Waals surface area contributed by atoms with Gasteiger partial charge in [0.2, 0.25) is 15.9 Å². The number of aryl methyl sites for hydroxylation is 1. The van der Waals surface area contributed by atoms with Crippen LogP contribution in [0.1, 0.15) is 24.8 Å². The molecule has 2 aliphatic rings. The number of rotatable bonds is 7. The third-order valence-electron chi connectivity index (χ3n) is 6.63. The average molecular weight is 525 g/mol. The topological polar surface area (TPSA) is 76.2 Å². The second kappa shape index (κ2) is 10.8. The number of benzene rings is 2. The van der Waals surface area contributed by atoms with E-state index in [2.05, 4.69) is 0 Å². The molecule has 190 valence electrons. The minimum absolute atomic E-state index is 0.0368. The number of carbonyl (C=O) groups is 1. The summed E-state index contributed by atoms with van der Waals surface area (Å²) in [6.45, 7) is 4.24. The highest BCUT2D eigenvalue weighted by Crippen LogP contribution is 2.38. The van der Waals surface area contributed by atoms with Crippen molar-refractivity contribution < 1.29 is 27.1 Å². The normalized spacial score (nSPS) is 21.6. The van der Waals surface area contributed by atoms with E-state index < -0.39 is 21.3 Å². The second-order valence-electron chi connectivity index (χ2n) is 9.26. The van der Waals surface area contributed by atoms with Gasteiger partial charge in [-0.05, 0) is 67.8 Å². The summed E-state index contributed by atoms with van der Waals surface area (Å²) in [5.41, 5.74) is -0.364. The van der Waals surface area contributed by atoms with Gasteiger partial charge in [0.05, 0.1) is 24.7 Å². The lowest BCUT2D eigenvalue weighted by Gasteiger charge is -2.42. The molecule has 0 aliphatic carbocycles. The molecule has 2 aromatic rings. The molecule has 0 spiro atoms. The van der Waals surface area contributed by atoms with Crippen LogP contribution >= 0.6 is 11.6 Å². The Kier molecular flexibility index (Phi) is 8.00. The first-order valence-corrected chi connectivity index (χ1v) is 13.5. The van der Waals surface area contributed by atoms with Crippen LogP contribution in [0.2, 0.25) is 5.02 Å². The summed E-state index contributed by atoms with van der Waals surface area (Å²) in [5, 5.41) is 0.583. The van der Waals surface area contributed by atoms with Crippen molar-refractivity contribution in [2.45, 2.75) is 31.1 Å². The molecule has 4 rings (SSSR count). The Hall–Kier alpha value is -2.20. The van der Waals surface area contributed by atoms with Gasteiger partial charge >= 0.3 is 0 Å². The first kappa shape index (κ1) is 25.9. The number of amides is 1. The fraction of sp³-hybridized carbons (Fsp3) is 0.480. The number of ether oxygens (including phenoxy) is 2. The van der Waals surface area contributed by atoms with Crippen molar-refractivity contribution in [1.29, 1.82) is 0 Å². The van der Waals surface area contributed by atoms with Crippen LogP contribution in [0, 0.1) is 18.2 Å². The van der Waals surface area contributed by atoms with Gasteiger partial charge in [0.25, 0.3) is 0 Å². The second-order valence-corrected chi connectivity index (χ2v) is 11.6. The Labute approximate surface area is 210 Å². The monoisotopic (exact) mass is 524 g/mol. The molecule has 1 atom stereocenters. The molecular formula is C25H30ClFN2O5S. The number of sulfonamides is 1. The molecular weight excluding hydrogens is 495 g/mol. The van der Waals surface area contributed by atoms with E-state index in [-0.39, 0.29) is 30.4 Å². The SMILES string of the molecule is Cc1cc(F)ccc1S(=O)(=O)N1CCCC(COc2ccc(Cl)cc2)(CC(=O)N2CCOCC2)C1. The van der Waals surface area contributed by atoms with E-state index >= 15 is 0 Å². The van der Waals surface area contributed by atoms with Crippen molar-refractivity contribution in [3.8, 4) is 5.75 Å². The fourth-order valence-corrected chi connectivity index (χ4v) is 6.66. The largest absolute Gasteiger partial charge is 0.493 e. The van der Waals surface area contributed by atoms with Crippen molar-refractivity contribution in [3.63, 3.8) is 0 Å². The number of morpholine rings is 1. The molecule has 0 radical (unpaired) electrons. The molecule has 2 heterocycles. The quantitative estimate of drug-likeness (QED) is 0.549. The Morgan fingerprint density at radius 2 is 1.86 bits per heavy atom. The number of halogens is 2. The molecule has 0 N–H and O–H groups in total. The molecule has 1 amide bonds. The van der Waals surface area contributed by atoms with E-state index in [1.165, 1.54) is 16.4 Å². The first-order chi connectivity index (χ1) is 16.7. The van der Waals surface area contributed by atoms with Gasteiger partial charge in [-0.3, -0.25) is 4.79 Å². The van der Waals surface area contributed by atoms with Crippen LogP contribution in [0.15, 0.2) is 47.4 Å². The number of piperidine rings is 1. The lowest BCUT2D eigenvalue weighted by atomic mass is 9.78. The highest BCUT2D eigenvalue weighted by atomic mass is 35.5. The number of nitrogens with zero attached hydrogens (tertiary/aromatic N) is 2. The zero-order valence-electron chi connectivity index (χ0n) is 19.7. The summed E-state index contributed by atoms with van der Waals surface area (Å²) in [6.07, 6.45) is 1.39.